The van der Waals surface area contributed by atoms with Gasteiger partial charge in [-0.25, -0.2) is 4.98 Å². The van der Waals surface area contributed by atoms with E-state index in [0.29, 0.717) is 11.2 Å². The van der Waals surface area contributed by atoms with E-state index in [2.05, 4.69) is 9.97 Å². The highest BCUT2D eigenvalue weighted by Crippen LogP contribution is 2.21. The van der Waals surface area contributed by atoms with Gasteiger partial charge in [0.05, 0.1) is 10.9 Å². The van der Waals surface area contributed by atoms with E-state index in [0.717, 1.165) is 16.3 Å². The molecule has 0 fully saturated rings. The van der Waals surface area contributed by atoms with Gasteiger partial charge in [-0.05, 0) is 18.4 Å². The van der Waals surface area contributed by atoms with Crippen molar-refractivity contribution >= 4 is 21.7 Å². The Morgan fingerprint density at radius 3 is 2.75 bits per heavy atom. The van der Waals surface area contributed by atoms with E-state index in [4.69, 9.17) is 0 Å². The maximum Gasteiger partial charge on any atom is 0.258 e. The van der Waals surface area contributed by atoms with E-state index >= 15 is 0 Å². The van der Waals surface area contributed by atoms with Crippen molar-refractivity contribution in [1.29, 1.82) is 0 Å². The lowest BCUT2D eigenvalue weighted by Crippen LogP contribution is -2.09. The van der Waals surface area contributed by atoms with Gasteiger partial charge in [-0.15, -0.1) is 0 Å². The molecule has 1 aromatic heterocycles. The standard InChI is InChI=1S/C13H10N2O/c1-8-14-12-10-5-3-2-4-9(10)6-7-11(12)13(16)15-8/h2-7H,1H3,(H,14,15,16). The first kappa shape index (κ1) is 9.09. The lowest BCUT2D eigenvalue weighted by molar-refractivity contribution is 1.06. The maximum atomic E-state index is 11.7. The first-order valence-electron chi connectivity index (χ1n) is 5.14. The normalized spacial score (nSPS) is 11.1. The Labute approximate surface area is 91.8 Å². The summed E-state index contributed by atoms with van der Waals surface area (Å²) >= 11 is 0. The van der Waals surface area contributed by atoms with Gasteiger partial charge in [0.1, 0.15) is 5.82 Å². The van der Waals surface area contributed by atoms with E-state index in [1.807, 2.05) is 36.4 Å². The zero-order valence-electron chi connectivity index (χ0n) is 8.82. The largest absolute Gasteiger partial charge is 0.310 e. The third-order valence-electron chi connectivity index (χ3n) is 2.72. The van der Waals surface area contributed by atoms with Crippen LogP contribution in [0, 0.1) is 6.92 Å². The summed E-state index contributed by atoms with van der Waals surface area (Å²) in [6.45, 7) is 1.79. The van der Waals surface area contributed by atoms with Crippen molar-refractivity contribution in [1.82, 2.24) is 9.97 Å². The molecule has 3 nitrogen and oxygen atoms in total. The molecule has 0 aliphatic rings. The smallest absolute Gasteiger partial charge is 0.258 e. The maximum absolute atomic E-state index is 11.7. The molecule has 78 valence electrons. The molecule has 0 atom stereocenters. The van der Waals surface area contributed by atoms with Gasteiger partial charge in [0.2, 0.25) is 0 Å². The molecule has 3 aromatic rings. The Morgan fingerprint density at radius 1 is 1.06 bits per heavy atom. The molecule has 2 aromatic carbocycles. The highest BCUT2D eigenvalue weighted by Gasteiger charge is 2.04. The predicted molar refractivity (Wildman–Crippen MR) is 64.6 cm³/mol. The Morgan fingerprint density at radius 2 is 1.88 bits per heavy atom. The molecule has 1 N–H and O–H groups in total. The molecule has 0 saturated heterocycles. The van der Waals surface area contributed by atoms with Crippen LogP contribution in [0.1, 0.15) is 5.82 Å². The summed E-state index contributed by atoms with van der Waals surface area (Å²) < 4.78 is 0. The topological polar surface area (TPSA) is 45.8 Å². The molecule has 0 unspecified atom stereocenters. The third-order valence-corrected chi connectivity index (χ3v) is 2.72. The molecule has 0 amide bonds. The first-order chi connectivity index (χ1) is 7.75. The monoisotopic (exact) mass is 210 g/mol. The SMILES string of the molecule is Cc1nc2c(ccc3ccccc32)c(=O)[nH]1. The van der Waals surface area contributed by atoms with E-state index in [-0.39, 0.29) is 5.56 Å². The lowest BCUT2D eigenvalue weighted by Gasteiger charge is -2.02. The quantitative estimate of drug-likeness (QED) is 0.579. The number of benzene rings is 2. The van der Waals surface area contributed by atoms with Gasteiger partial charge in [-0.3, -0.25) is 4.79 Å². The number of hydrogen-bond donors (Lipinski definition) is 1. The van der Waals surface area contributed by atoms with Crippen LogP contribution in [0.4, 0.5) is 0 Å². The van der Waals surface area contributed by atoms with Crippen LogP contribution in [0.15, 0.2) is 41.2 Å². The number of nitrogens with zero attached hydrogens (tertiary/aromatic N) is 1. The van der Waals surface area contributed by atoms with Crippen molar-refractivity contribution in [3.05, 3.63) is 52.6 Å². The molecule has 0 bridgehead atoms. The molecule has 0 aliphatic heterocycles. The van der Waals surface area contributed by atoms with Gasteiger partial charge in [-0.2, -0.15) is 0 Å². The Kier molecular flexibility index (Phi) is 1.80. The van der Waals surface area contributed by atoms with Crippen LogP contribution in [-0.4, -0.2) is 9.97 Å². The average Bonchev–Trinajstić information content (AvgIpc) is 2.28. The Balaban J connectivity index is 2.65. The van der Waals surface area contributed by atoms with Crippen molar-refractivity contribution in [2.75, 3.05) is 0 Å². The van der Waals surface area contributed by atoms with Crippen LogP contribution in [0.2, 0.25) is 0 Å². The molecule has 0 radical (unpaired) electrons. The molecule has 3 rings (SSSR count). The summed E-state index contributed by atoms with van der Waals surface area (Å²) in [5.41, 5.74) is 0.701. The summed E-state index contributed by atoms with van der Waals surface area (Å²) in [6.07, 6.45) is 0. The second-order valence-corrected chi connectivity index (χ2v) is 3.83. The second kappa shape index (κ2) is 3.17. The average molecular weight is 210 g/mol. The molecule has 16 heavy (non-hydrogen) atoms. The summed E-state index contributed by atoms with van der Waals surface area (Å²) in [7, 11) is 0. The summed E-state index contributed by atoms with van der Waals surface area (Å²) in [6, 6.07) is 11.7. The van der Waals surface area contributed by atoms with Gasteiger partial charge in [0.15, 0.2) is 0 Å². The van der Waals surface area contributed by atoms with E-state index in [1.165, 1.54) is 0 Å². The van der Waals surface area contributed by atoms with E-state index in [9.17, 15) is 4.79 Å². The van der Waals surface area contributed by atoms with Crippen LogP contribution in [0.3, 0.4) is 0 Å². The molecular weight excluding hydrogens is 200 g/mol. The van der Waals surface area contributed by atoms with Crippen molar-refractivity contribution in [2.24, 2.45) is 0 Å². The number of hydrogen-bond acceptors (Lipinski definition) is 2. The minimum Gasteiger partial charge on any atom is -0.310 e. The number of nitrogens with one attached hydrogen (secondary N) is 1. The highest BCUT2D eigenvalue weighted by molar-refractivity contribution is 6.04. The summed E-state index contributed by atoms with van der Waals surface area (Å²) in [4.78, 5) is 18.9. The number of rotatable bonds is 0. The molecule has 0 aliphatic carbocycles. The number of aromatic nitrogens is 2. The molecule has 0 spiro atoms. The third kappa shape index (κ3) is 1.21. The molecule has 1 heterocycles. The second-order valence-electron chi connectivity index (χ2n) is 3.83. The highest BCUT2D eigenvalue weighted by atomic mass is 16.1. The lowest BCUT2D eigenvalue weighted by atomic mass is 10.1. The Hall–Kier alpha value is -2.16. The van der Waals surface area contributed by atoms with Gasteiger partial charge in [-0.1, -0.05) is 30.3 Å². The van der Waals surface area contributed by atoms with Crippen molar-refractivity contribution in [2.45, 2.75) is 6.92 Å². The van der Waals surface area contributed by atoms with Crippen molar-refractivity contribution in [3.8, 4) is 0 Å². The van der Waals surface area contributed by atoms with Crippen LogP contribution in [0.5, 0.6) is 0 Å². The first-order valence-corrected chi connectivity index (χ1v) is 5.14. The van der Waals surface area contributed by atoms with Crippen LogP contribution in [0.25, 0.3) is 21.7 Å². The molecule has 0 saturated carbocycles. The van der Waals surface area contributed by atoms with E-state index in [1.54, 1.807) is 6.92 Å². The molecular formula is C13H10N2O. The fourth-order valence-corrected chi connectivity index (χ4v) is 1.99. The van der Waals surface area contributed by atoms with Crippen molar-refractivity contribution < 1.29 is 0 Å². The van der Waals surface area contributed by atoms with Gasteiger partial charge in [0, 0.05) is 5.39 Å². The van der Waals surface area contributed by atoms with Crippen LogP contribution < -0.4 is 5.56 Å². The zero-order valence-corrected chi connectivity index (χ0v) is 8.82. The number of fused-ring (bicyclic) bond motifs is 3. The number of aryl methyl sites for hydroxylation is 1. The summed E-state index contributed by atoms with van der Waals surface area (Å²) in [5.74, 6) is 0.647. The number of H-pyrrole nitrogens is 1. The van der Waals surface area contributed by atoms with Gasteiger partial charge >= 0.3 is 0 Å². The minimum absolute atomic E-state index is 0.0757. The zero-order chi connectivity index (χ0) is 11.1. The van der Waals surface area contributed by atoms with Crippen LogP contribution in [-0.2, 0) is 0 Å². The Bertz CT molecular complexity index is 744. The number of aromatic amines is 1. The van der Waals surface area contributed by atoms with Crippen molar-refractivity contribution in [3.63, 3.8) is 0 Å². The van der Waals surface area contributed by atoms with Crippen LogP contribution >= 0.6 is 0 Å². The summed E-state index contributed by atoms with van der Waals surface area (Å²) in [5, 5.41) is 2.77. The predicted octanol–water partition coefficient (Wildman–Crippen LogP) is 2.38. The molecule has 3 heteroatoms. The minimum atomic E-state index is -0.0757. The fraction of sp³-hybridized carbons (Fsp3) is 0.0769. The van der Waals surface area contributed by atoms with E-state index < -0.39 is 0 Å². The fourth-order valence-electron chi connectivity index (χ4n) is 1.99. The van der Waals surface area contributed by atoms with Gasteiger partial charge in [0.25, 0.3) is 5.56 Å². The van der Waals surface area contributed by atoms with Gasteiger partial charge < -0.3 is 4.98 Å².